The van der Waals surface area contributed by atoms with Crippen molar-refractivity contribution < 1.29 is 13.5 Å². The van der Waals surface area contributed by atoms with E-state index in [2.05, 4.69) is 16.6 Å². The number of aliphatic hydroxyl groups excluding tert-OH is 1. The first-order valence-electron chi connectivity index (χ1n) is 6.39. The van der Waals surface area contributed by atoms with Gasteiger partial charge in [0.2, 0.25) is 0 Å². The Hall–Kier alpha value is -1.39. The van der Waals surface area contributed by atoms with Gasteiger partial charge in [0.15, 0.2) is 0 Å². The molecule has 0 heterocycles. The average Bonchev–Trinajstić information content (AvgIpc) is 2.41. The van der Waals surface area contributed by atoms with Crippen molar-refractivity contribution in [1.82, 2.24) is 9.03 Å². The molecule has 0 aromatic heterocycles. The van der Waals surface area contributed by atoms with Crippen molar-refractivity contribution in [3.63, 3.8) is 0 Å². The lowest BCUT2D eigenvalue weighted by Crippen LogP contribution is -2.37. The Balaban J connectivity index is 2.91. The highest BCUT2D eigenvalue weighted by Crippen LogP contribution is 2.11. The second-order valence-electron chi connectivity index (χ2n) is 4.19. The van der Waals surface area contributed by atoms with E-state index in [1.807, 2.05) is 24.3 Å². The number of nitrogens with zero attached hydrogens (tertiary/aromatic N) is 1. The van der Waals surface area contributed by atoms with Gasteiger partial charge in [-0.25, -0.2) is 4.72 Å². The van der Waals surface area contributed by atoms with Crippen LogP contribution in [0, 0.1) is 11.8 Å². The van der Waals surface area contributed by atoms with Gasteiger partial charge < -0.3 is 5.11 Å². The topological polar surface area (TPSA) is 69.6 Å². The van der Waals surface area contributed by atoms with Crippen LogP contribution in [0.1, 0.15) is 24.5 Å². The molecule has 0 aliphatic rings. The smallest absolute Gasteiger partial charge is 0.279 e. The van der Waals surface area contributed by atoms with Crippen LogP contribution in [-0.4, -0.2) is 38.0 Å². The van der Waals surface area contributed by atoms with E-state index in [4.69, 9.17) is 5.11 Å². The Labute approximate surface area is 120 Å². The van der Waals surface area contributed by atoms with Crippen molar-refractivity contribution in [3.8, 4) is 11.8 Å². The molecule has 0 amide bonds. The fourth-order valence-electron chi connectivity index (χ4n) is 1.61. The molecule has 0 spiro atoms. The lowest BCUT2D eigenvalue weighted by molar-refractivity contribution is 0.305. The lowest BCUT2D eigenvalue weighted by Gasteiger charge is -2.17. The number of hydrogen-bond donors (Lipinski definition) is 2. The Morgan fingerprint density at radius 3 is 2.70 bits per heavy atom. The molecule has 110 valence electrons. The van der Waals surface area contributed by atoms with Gasteiger partial charge in [0.05, 0.1) is 6.61 Å². The first kappa shape index (κ1) is 16.7. The summed E-state index contributed by atoms with van der Waals surface area (Å²) in [6.07, 6.45) is 0.403. The zero-order valence-electron chi connectivity index (χ0n) is 11.8. The van der Waals surface area contributed by atoms with Crippen molar-refractivity contribution in [3.05, 3.63) is 35.4 Å². The molecule has 0 radical (unpaired) electrons. The fraction of sp³-hybridized carbons (Fsp3) is 0.429. The van der Waals surface area contributed by atoms with Crippen LogP contribution in [-0.2, 0) is 16.8 Å². The van der Waals surface area contributed by atoms with Gasteiger partial charge in [-0.15, -0.1) is 0 Å². The minimum absolute atomic E-state index is 0.0177. The summed E-state index contributed by atoms with van der Waals surface area (Å²) in [5, 5.41) is 8.73. The summed E-state index contributed by atoms with van der Waals surface area (Å²) in [7, 11) is -1.93. The first-order valence-corrected chi connectivity index (χ1v) is 7.83. The van der Waals surface area contributed by atoms with Crippen molar-refractivity contribution in [2.75, 3.05) is 20.2 Å². The number of nitrogens with one attached hydrogen (secondary N) is 1. The summed E-state index contributed by atoms with van der Waals surface area (Å²) in [5.41, 5.74) is 1.61. The van der Waals surface area contributed by atoms with E-state index in [1.54, 1.807) is 6.92 Å². The number of hydrogen-bond acceptors (Lipinski definition) is 3. The molecule has 1 aromatic rings. The Morgan fingerprint density at radius 2 is 2.05 bits per heavy atom. The quantitative estimate of drug-likeness (QED) is 0.760. The molecular formula is C14H20N2O3S. The summed E-state index contributed by atoms with van der Waals surface area (Å²) in [6, 6.07) is 7.39. The molecule has 0 fully saturated rings. The summed E-state index contributed by atoms with van der Waals surface area (Å²) in [6.45, 7) is 2.35. The minimum Gasteiger partial charge on any atom is -0.395 e. The van der Waals surface area contributed by atoms with E-state index >= 15 is 0 Å². The third-order valence-electron chi connectivity index (χ3n) is 2.61. The average molecular weight is 296 g/mol. The third kappa shape index (κ3) is 4.94. The summed E-state index contributed by atoms with van der Waals surface area (Å²) in [4.78, 5) is 0. The molecule has 1 aromatic carbocycles. The van der Waals surface area contributed by atoms with Gasteiger partial charge in [0.25, 0.3) is 10.2 Å². The van der Waals surface area contributed by atoms with Crippen LogP contribution in [0.4, 0.5) is 0 Å². The maximum absolute atomic E-state index is 11.9. The number of benzene rings is 1. The Bertz CT molecular complexity index is 588. The predicted molar refractivity (Wildman–Crippen MR) is 79.1 cm³/mol. The van der Waals surface area contributed by atoms with Crippen LogP contribution >= 0.6 is 0 Å². The Morgan fingerprint density at radius 1 is 1.35 bits per heavy atom. The van der Waals surface area contributed by atoms with Crippen LogP contribution in [0.3, 0.4) is 0 Å². The molecule has 0 aliphatic carbocycles. The highest BCUT2D eigenvalue weighted by atomic mass is 32.2. The molecule has 0 saturated heterocycles. The summed E-state index contributed by atoms with van der Waals surface area (Å²) >= 11 is 0. The van der Waals surface area contributed by atoms with E-state index in [0.29, 0.717) is 13.0 Å². The molecule has 20 heavy (non-hydrogen) atoms. The Kier molecular flexibility index (Phi) is 6.68. The SMILES string of the molecule is CCNS(=O)(=O)N(C)Cc1ccccc1C#CCCO. The molecule has 5 nitrogen and oxygen atoms in total. The monoisotopic (exact) mass is 296 g/mol. The zero-order chi connectivity index (χ0) is 15.0. The molecular weight excluding hydrogens is 276 g/mol. The van der Waals surface area contributed by atoms with Gasteiger partial charge in [0, 0.05) is 32.1 Å². The number of aliphatic hydroxyl groups is 1. The van der Waals surface area contributed by atoms with E-state index in [1.165, 1.54) is 11.4 Å². The van der Waals surface area contributed by atoms with E-state index in [9.17, 15) is 8.42 Å². The van der Waals surface area contributed by atoms with Crippen LogP contribution < -0.4 is 4.72 Å². The zero-order valence-corrected chi connectivity index (χ0v) is 12.6. The molecule has 0 atom stereocenters. The van der Waals surface area contributed by atoms with Crippen molar-refractivity contribution >= 4 is 10.2 Å². The maximum Gasteiger partial charge on any atom is 0.279 e. The number of rotatable bonds is 6. The standard InChI is InChI=1S/C14H20N2O3S/c1-3-15-20(18,19)16(2)12-14-10-5-4-8-13(14)9-6-7-11-17/h4-5,8,10,15,17H,3,7,11-12H2,1-2H3. The molecule has 6 heteroatoms. The van der Waals surface area contributed by atoms with Crippen molar-refractivity contribution in [1.29, 1.82) is 0 Å². The van der Waals surface area contributed by atoms with E-state index < -0.39 is 10.2 Å². The fourth-order valence-corrected chi connectivity index (χ4v) is 2.51. The molecule has 1 rings (SSSR count). The molecule has 2 N–H and O–H groups in total. The van der Waals surface area contributed by atoms with Gasteiger partial charge in [-0.05, 0) is 11.6 Å². The van der Waals surface area contributed by atoms with Crippen LogP contribution in [0.2, 0.25) is 0 Å². The normalized spacial score (nSPS) is 11.2. The van der Waals surface area contributed by atoms with Crippen LogP contribution in [0.15, 0.2) is 24.3 Å². The molecule has 0 unspecified atom stereocenters. The van der Waals surface area contributed by atoms with Crippen LogP contribution in [0.5, 0.6) is 0 Å². The van der Waals surface area contributed by atoms with Crippen molar-refractivity contribution in [2.45, 2.75) is 19.9 Å². The second-order valence-corrected chi connectivity index (χ2v) is 6.05. The van der Waals surface area contributed by atoms with E-state index in [-0.39, 0.29) is 13.2 Å². The van der Waals surface area contributed by atoms with Gasteiger partial charge in [-0.1, -0.05) is 37.0 Å². The van der Waals surface area contributed by atoms with Crippen LogP contribution in [0.25, 0.3) is 0 Å². The predicted octanol–water partition coefficient (Wildman–Crippen LogP) is 0.707. The highest BCUT2D eigenvalue weighted by molar-refractivity contribution is 7.87. The molecule has 0 aliphatic heterocycles. The third-order valence-corrected chi connectivity index (χ3v) is 4.21. The summed E-state index contributed by atoms with van der Waals surface area (Å²) in [5.74, 6) is 5.80. The molecule has 0 bridgehead atoms. The van der Waals surface area contributed by atoms with Gasteiger partial charge in [-0.2, -0.15) is 12.7 Å². The first-order chi connectivity index (χ1) is 9.51. The highest BCUT2D eigenvalue weighted by Gasteiger charge is 2.17. The van der Waals surface area contributed by atoms with Gasteiger partial charge >= 0.3 is 0 Å². The van der Waals surface area contributed by atoms with Gasteiger partial charge in [-0.3, -0.25) is 0 Å². The minimum atomic E-state index is -3.46. The molecule has 0 saturated carbocycles. The summed E-state index contributed by atoms with van der Waals surface area (Å²) < 4.78 is 27.4. The largest absolute Gasteiger partial charge is 0.395 e. The van der Waals surface area contributed by atoms with E-state index in [0.717, 1.165) is 11.1 Å². The van der Waals surface area contributed by atoms with Gasteiger partial charge in [0.1, 0.15) is 0 Å². The lowest BCUT2D eigenvalue weighted by atomic mass is 10.1. The van der Waals surface area contributed by atoms with Crippen molar-refractivity contribution in [2.24, 2.45) is 0 Å². The maximum atomic E-state index is 11.9. The second kappa shape index (κ2) is 8.02.